The van der Waals surface area contributed by atoms with E-state index >= 15 is 0 Å². The molecule has 2 unspecified atom stereocenters. The molecule has 72 heavy (non-hydrogen) atoms. The first-order valence-electron chi connectivity index (χ1n) is 24.7. The highest BCUT2D eigenvalue weighted by Gasteiger charge is 2.34. The first kappa shape index (κ1) is 51.7. The largest absolute Gasteiger partial charge is 0.353 e. The van der Waals surface area contributed by atoms with Gasteiger partial charge in [-0.25, -0.2) is 0 Å². The van der Waals surface area contributed by atoms with Crippen LogP contribution in [0.15, 0.2) is 58.5 Å². The lowest BCUT2D eigenvalue weighted by Crippen LogP contribution is -2.48. The average Bonchev–Trinajstić information content (AvgIpc) is 4.05. The van der Waals surface area contributed by atoms with Crippen LogP contribution in [-0.2, 0) is 9.59 Å². The minimum Gasteiger partial charge on any atom is -0.353 e. The lowest BCUT2D eigenvalue weighted by molar-refractivity contribution is -0.123. The molecule has 2 saturated heterocycles. The van der Waals surface area contributed by atoms with Crippen molar-refractivity contribution in [3.63, 3.8) is 0 Å². The molecule has 2 atom stereocenters. The monoisotopic (exact) mass is 1050 g/mol. The minimum absolute atomic E-state index is 0.00614. The molecule has 4 aromatic heterocycles. The van der Waals surface area contributed by atoms with Crippen molar-refractivity contribution in [2.75, 3.05) is 92.6 Å². The highest BCUT2D eigenvalue weighted by Crippen LogP contribution is 2.40. The van der Waals surface area contributed by atoms with Crippen molar-refractivity contribution < 1.29 is 9.59 Å². The van der Waals surface area contributed by atoms with Gasteiger partial charge in [0.25, 0.3) is 0 Å². The molecule has 0 bridgehead atoms. The summed E-state index contributed by atoms with van der Waals surface area (Å²) in [6, 6.07) is 14.8. The molecule has 2 aromatic carbocycles. The van der Waals surface area contributed by atoms with Gasteiger partial charge in [-0.05, 0) is 104 Å². The molecular weight excluding hydrogens is 988 g/mol. The fourth-order valence-electron chi connectivity index (χ4n) is 9.57. The first-order valence-corrected chi connectivity index (χ1v) is 27.1. The number of carbonyl (C=O) groups excluding carboxylic acids is 2. The van der Waals surface area contributed by atoms with E-state index in [0.717, 1.165) is 132 Å². The van der Waals surface area contributed by atoms with Crippen molar-refractivity contribution in [3.05, 3.63) is 125 Å². The number of likely N-dealkylation sites (N-methyl/N-ethyl adjacent to an activating group) is 2. The number of piperazine rings is 2. The smallest absolute Gasteiger partial charge is 0.234 e. The SMILES string of the molecule is Cc1sc2c(c1C)C(c1ccc(Cl)cc1)=NC(CNC(=O)CCCN1CCN(C)CC1)c1nnc(C)n1-2.Cc1sc2c(c1C)C(c1ccc(Cl)cc1)=NC(CNC(=O)CN1CCN(C)CC1)c1nnc(C)n1-2. The van der Waals surface area contributed by atoms with Crippen LogP contribution < -0.4 is 10.6 Å². The number of halogens is 2. The van der Waals surface area contributed by atoms with Crippen LogP contribution in [0.1, 0.15) is 91.4 Å². The first-order chi connectivity index (χ1) is 34.6. The Morgan fingerprint density at radius 3 is 1.44 bits per heavy atom. The van der Waals surface area contributed by atoms with E-state index in [1.807, 2.05) is 62.4 Å². The highest BCUT2D eigenvalue weighted by atomic mass is 35.5. The number of hydrogen-bond donors (Lipinski definition) is 2. The highest BCUT2D eigenvalue weighted by molar-refractivity contribution is 7.15. The molecule has 0 aliphatic carbocycles. The van der Waals surface area contributed by atoms with Gasteiger partial charge >= 0.3 is 0 Å². The predicted octanol–water partition coefficient (Wildman–Crippen LogP) is 7.11. The zero-order valence-corrected chi connectivity index (χ0v) is 45.6. The number of aryl methyl sites for hydroxylation is 4. The molecule has 2 amide bonds. The molecule has 6 aromatic rings. The number of aromatic nitrogens is 6. The van der Waals surface area contributed by atoms with E-state index in [1.54, 1.807) is 22.7 Å². The van der Waals surface area contributed by atoms with E-state index in [0.29, 0.717) is 36.1 Å². The van der Waals surface area contributed by atoms with Gasteiger partial charge in [0.2, 0.25) is 11.8 Å². The van der Waals surface area contributed by atoms with Crippen LogP contribution in [0.5, 0.6) is 0 Å². The second kappa shape index (κ2) is 22.5. The topological polar surface area (TPSA) is 157 Å². The van der Waals surface area contributed by atoms with Gasteiger partial charge in [-0.15, -0.1) is 43.1 Å². The van der Waals surface area contributed by atoms with Crippen molar-refractivity contribution in [2.45, 2.75) is 66.5 Å². The molecule has 4 aliphatic rings. The third-order valence-electron chi connectivity index (χ3n) is 14.1. The van der Waals surface area contributed by atoms with E-state index < -0.39 is 0 Å². The van der Waals surface area contributed by atoms with Crippen molar-refractivity contribution in [2.24, 2.45) is 9.98 Å². The number of aliphatic imine (C=N–C) groups is 2. The number of fused-ring (bicyclic) bond motifs is 6. The van der Waals surface area contributed by atoms with Crippen molar-refractivity contribution in [3.8, 4) is 10.0 Å². The predicted molar refractivity (Wildman–Crippen MR) is 290 cm³/mol. The van der Waals surface area contributed by atoms with E-state index in [4.69, 9.17) is 33.2 Å². The second-order valence-electron chi connectivity index (χ2n) is 19.2. The number of thiophene rings is 2. The van der Waals surface area contributed by atoms with Gasteiger partial charge in [-0.2, -0.15) is 0 Å². The van der Waals surface area contributed by atoms with Gasteiger partial charge in [0.1, 0.15) is 33.7 Å². The second-order valence-corrected chi connectivity index (χ2v) is 22.5. The third-order valence-corrected chi connectivity index (χ3v) is 17.0. The summed E-state index contributed by atoms with van der Waals surface area (Å²) in [4.78, 5) is 47.8. The fraction of sp³-hybridized carbons (Fsp3) is 0.462. The van der Waals surface area contributed by atoms with Crippen molar-refractivity contribution in [1.82, 2.24) is 59.8 Å². The maximum Gasteiger partial charge on any atom is 0.234 e. The Balaban J connectivity index is 0.000000178. The van der Waals surface area contributed by atoms with Crippen LogP contribution >= 0.6 is 45.9 Å². The molecule has 16 nitrogen and oxygen atoms in total. The summed E-state index contributed by atoms with van der Waals surface area (Å²) in [5.41, 5.74) is 8.33. The number of nitrogens with one attached hydrogen (secondary N) is 2. The lowest BCUT2D eigenvalue weighted by atomic mass is 10.00. The molecule has 0 radical (unpaired) electrons. The standard InChI is InChI=1S/C27H34ClN7OS.C25H30ClN7OS/c1-17-18(2)37-27-24(17)25(20-7-9-21(28)10-8-20)30-22(26-32-31-19(3)35(26)27)16-29-23(36)6-5-11-34-14-12-33(4)13-15-34;1-15-16(2)35-25-22(15)23(18-5-7-19(26)8-6-18)28-20(24-30-29-17(3)33(24)25)13-27-21(34)14-32-11-9-31(4)10-12-32/h7-10,22H,5-6,11-16H2,1-4H3,(H,29,36);5-8,20H,9-14H2,1-4H3,(H,27,34). The summed E-state index contributed by atoms with van der Waals surface area (Å²) >= 11 is 15.8. The summed E-state index contributed by atoms with van der Waals surface area (Å²) < 4.78 is 4.21. The number of nitrogens with zero attached hydrogens (tertiary/aromatic N) is 12. The molecule has 10 rings (SSSR count). The van der Waals surface area contributed by atoms with Gasteiger partial charge in [0.15, 0.2) is 11.6 Å². The average molecular weight is 1050 g/mol. The quantitative estimate of drug-likeness (QED) is 0.130. The minimum atomic E-state index is -0.363. The molecule has 2 fully saturated rings. The Hall–Kier alpha value is -5.18. The Morgan fingerprint density at radius 1 is 0.583 bits per heavy atom. The van der Waals surface area contributed by atoms with Gasteiger partial charge < -0.3 is 25.3 Å². The van der Waals surface area contributed by atoms with Crippen LogP contribution in [-0.4, -0.2) is 165 Å². The van der Waals surface area contributed by atoms with Gasteiger partial charge in [0.05, 0.1) is 18.0 Å². The van der Waals surface area contributed by atoms with Gasteiger partial charge in [0, 0.05) is 114 Å². The van der Waals surface area contributed by atoms with Crippen LogP contribution in [0.3, 0.4) is 0 Å². The van der Waals surface area contributed by atoms with Gasteiger partial charge in [-0.1, -0.05) is 47.5 Å². The molecule has 2 N–H and O–H groups in total. The van der Waals surface area contributed by atoms with E-state index in [1.165, 1.54) is 20.9 Å². The molecule has 4 aliphatic heterocycles. The Kier molecular flexibility index (Phi) is 16.2. The number of amides is 2. The summed E-state index contributed by atoms with van der Waals surface area (Å²) in [6.07, 6.45) is 1.36. The number of benzene rings is 2. The Bertz CT molecular complexity index is 2980. The fourth-order valence-corrected chi connectivity index (χ4v) is 12.3. The van der Waals surface area contributed by atoms with Crippen LogP contribution in [0.2, 0.25) is 10.0 Å². The maximum atomic E-state index is 12.8. The molecule has 0 saturated carbocycles. The molecule has 8 heterocycles. The maximum absolute atomic E-state index is 12.8. The summed E-state index contributed by atoms with van der Waals surface area (Å²) in [5, 5.41) is 27.5. The van der Waals surface area contributed by atoms with Crippen molar-refractivity contribution in [1.29, 1.82) is 0 Å². The summed E-state index contributed by atoms with van der Waals surface area (Å²) in [7, 11) is 4.27. The Labute approximate surface area is 440 Å². The molecular formula is C52H64Cl2N14O2S2. The van der Waals surface area contributed by atoms with Crippen LogP contribution in [0, 0.1) is 41.5 Å². The molecule has 20 heteroatoms. The Morgan fingerprint density at radius 2 is 1.00 bits per heavy atom. The summed E-state index contributed by atoms with van der Waals surface area (Å²) in [5.74, 6) is 3.17. The van der Waals surface area contributed by atoms with Crippen LogP contribution in [0.25, 0.3) is 10.0 Å². The molecule has 0 spiro atoms. The van der Waals surface area contributed by atoms with E-state index in [2.05, 4.69) is 102 Å². The van der Waals surface area contributed by atoms with E-state index in [9.17, 15) is 9.59 Å². The van der Waals surface area contributed by atoms with E-state index in [-0.39, 0.29) is 23.9 Å². The number of carbonyl (C=O) groups is 2. The summed E-state index contributed by atoms with van der Waals surface area (Å²) in [6.45, 7) is 22.6. The number of hydrogen-bond acceptors (Lipinski definition) is 14. The lowest BCUT2D eigenvalue weighted by Gasteiger charge is -2.32. The zero-order valence-electron chi connectivity index (χ0n) is 42.4. The molecule has 380 valence electrons. The third kappa shape index (κ3) is 11.3. The van der Waals surface area contributed by atoms with Crippen molar-refractivity contribution >= 4 is 69.1 Å². The van der Waals surface area contributed by atoms with Gasteiger partial charge in [-0.3, -0.25) is 33.6 Å². The number of rotatable bonds is 12. The normalized spacial score (nSPS) is 18.4. The zero-order chi connectivity index (χ0) is 50.8. The van der Waals surface area contributed by atoms with Crippen LogP contribution in [0.4, 0.5) is 0 Å².